The van der Waals surface area contributed by atoms with Gasteiger partial charge >= 0.3 is 5.97 Å². The Labute approximate surface area is 169 Å². The fourth-order valence-corrected chi connectivity index (χ4v) is 4.21. The summed E-state index contributed by atoms with van der Waals surface area (Å²) in [6, 6.07) is 15.2. The summed E-state index contributed by atoms with van der Waals surface area (Å²) in [6.07, 6.45) is 2.81. The van der Waals surface area contributed by atoms with Crippen molar-refractivity contribution in [3.8, 4) is 6.07 Å². The van der Waals surface area contributed by atoms with Crippen molar-refractivity contribution in [2.75, 3.05) is 26.3 Å². The molecule has 2 aromatic rings. The van der Waals surface area contributed by atoms with Gasteiger partial charge in [-0.1, -0.05) is 30.3 Å². The van der Waals surface area contributed by atoms with Gasteiger partial charge in [0.15, 0.2) is 0 Å². The molecule has 0 unspecified atom stereocenters. The van der Waals surface area contributed by atoms with Gasteiger partial charge in [0.25, 0.3) is 0 Å². The Morgan fingerprint density at radius 3 is 2.52 bits per heavy atom. The Kier molecular flexibility index (Phi) is 6.77. The van der Waals surface area contributed by atoms with E-state index in [0.717, 1.165) is 0 Å². The second-order valence-corrected chi connectivity index (χ2v) is 8.23. The number of carbonyl (C=O) groups excluding carboxylic acids is 1. The van der Waals surface area contributed by atoms with Crippen molar-refractivity contribution in [3.63, 3.8) is 0 Å². The van der Waals surface area contributed by atoms with Gasteiger partial charge in [0.2, 0.25) is 10.0 Å². The van der Waals surface area contributed by atoms with Gasteiger partial charge in [0.05, 0.1) is 29.7 Å². The summed E-state index contributed by atoms with van der Waals surface area (Å²) in [5.41, 5.74) is 1.76. The van der Waals surface area contributed by atoms with Crippen LogP contribution >= 0.6 is 0 Å². The average molecular weight is 412 g/mol. The highest BCUT2D eigenvalue weighted by Gasteiger charge is 2.25. The number of nitriles is 1. The predicted octanol–water partition coefficient (Wildman–Crippen LogP) is 2.34. The fourth-order valence-electron chi connectivity index (χ4n) is 2.80. The number of hydrogen-bond donors (Lipinski definition) is 0. The Morgan fingerprint density at radius 1 is 1.14 bits per heavy atom. The van der Waals surface area contributed by atoms with Gasteiger partial charge in [0, 0.05) is 24.7 Å². The minimum Gasteiger partial charge on any atom is -0.458 e. The Balaban J connectivity index is 1.59. The zero-order valence-corrected chi connectivity index (χ0v) is 16.5. The number of hydrogen-bond acceptors (Lipinski definition) is 6. The second-order valence-electron chi connectivity index (χ2n) is 6.30. The largest absolute Gasteiger partial charge is 0.458 e. The van der Waals surface area contributed by atoms with Crippen LogP contribution < -0.4 is 0 Å². The molecule has 0 spiro atoms. The fraction of sp³-hybridized carbons (Fsp3) is 0.238. The van der Waals surface area contributed by atoms with E-state index < -0.39 is 16.0 Å². The van der Waals surface area contributed by atoms with E-state index in [9.17, 15) is 13.2 Å². The number of ether oxygens (including phenoxy) is 2. The minimum atomic E-state index is -3.54. The van der Waals surface area contributed by atoms with Crippen molar-refractivity contribution < 1.29 is 22.7 Å². The molecule has 0 amide bonds. The molecule has 1 heterocycles. The lowest BCUT2D eigenvalue weighted by Gasteiger charge is -2.26. The molecule has 0 saturated carbocycles. The lowest BCUT2D eigenvalue weighted by atomic mass is 10.1. The zero-order valence-electron chi connectivity index (χ0n) is 15.7. The van der Waals surface area contributed by atoms with Gasteiger partial charge in [-0.25, -0.2) is 13.2 Å². The van der Waals surface area contributed by atoms with Crippen molar-refractivity contribution in [3.05, 3.63) is 71.3 Å². The molecule has 8 heteroatoms. The number of carbonyl (C=O) groups is 1. The SMILES string of the molecule is N#Cc1ccccc1COC(=O)/C=C/c1ccc(S(=O)(=O)N2CCOCC2)cc1. The number of sulfonamides is 1. The first-order chi connectivity index (χ1) is 14.0. The van der Waals surface area contributed by atoms with Crippen LogP contribution in [0.5, 0.6) is 0 Å². The summed E-state index contributed by atoms with van der Waals surface area (Å²) >= 11 is 0. The molecular formula is C21H20N2O5S. The van der Waals surface area contributed by atoms with E-state index in [1.165, 1.54) is 22.5 Å². The number of benzene rings is 2. The molecule has 0 bridgehead atoms. The summed E-state index contributed by atoms with van der Waals surface area (Å²) in [5.74, 6) is -0.553. The van der Waals surface area contributed by atoms with Crippen LogP contribution in [0.2, 0.25) is 0 Å². The smallest absolute Gasteiger partial charge is 0.331 e. The second kappa shape index (κ2) is 9.47. The summed E-state index contributed by atoms with van der Waals surface area (Å²) in [5, 5.41) is 9.04. The molecule has 0 aromatic heterocycles. The van der Waals surface area contributed by atoms with Crippen molar-refractivity contribution in [1.82, 2.24) is 4.31 Å². The normalized spacial score (nSPS) is 15.1. The first-order valence-electron chi connectivity index (χ1n) is 9.01. The van der Waals surface area contributed by atoms with Crippen molar-refractivity contribution in [1.29, 1.82) is 5.26 Å². The van der Waals surface area contributed by atoms with Gasteiger partial charge in [0.1, 0.15) is 6.61 Å². The van der Waals surface area contributed by atoms with Crippen LogP contribution in [0.25, 0.3) is 6.08 Å². The van der Waals surface area contributed by atoms with Gasteiger partial charge in [-0.05, 0) is 29.8 Å². The Bertz CT molecular complexity index is 1030. The van der Waals surface area contributed by atoms with E-state index in [0.29, 0.717) is 43.0 Å². The molecule has 7 nitrogen and oxygen atoms in total. The maximum atomic E-state index is 12.6. The van der Waals surface area contributed by atoms with E-state index in [2.05, 4.69) is 0 Å². The van der Waals surface area contributed by atoms with E-state index in [-0.39, 0.29) is 11.5 Å². The maximum absolute atomic E-state index is 12.6. The van der Waals surface area contributed by atoms with Crippen LogP contribution in [0, 0.1) is 11.3 Å². The summed E-state index contributed by atoms with van der Waals surface area (Å²) in [7, 11) is -3.54. The lowest BCUT2D eigenvalue weighted by Crippen LogP contribution is -2.40. The molecule has 1 aliphatic rings. The molecule has 2 aromatic carbocycles. The van der Waals surface area contributed by atoms with E-state index in [4.69, 9.17) is 14.7 Å². The van der Waals surface area contributed by atoms with Gasteiger partial charge < -0.3 is 9.47 Å². The first-order valence-corrected chi connectivity index (χ1v) is 10.5. The van der Waals surface area contributed by atoms with Crippen LogP contribution in [0.15, 0.2) is 59.5 Å². The van der Waals surface area contributed by atoms with Gasteiger partial charge in [-0.3, -0.25) is 0 Å². The van der Waals surface area contributed by atoms with E-state index in [1.54, 1.807) is 42.5 Å². The minimum absolute atomic E-state index is 0.00361. The molecular weight excluding hydrogens is 392 g/mol. The molecule has 0 N–H and O–H groups in total. The molecule has 150 valence electrons. The molecule has 0 radical (unpaired) electrons. The molecule has 0 atom stereocenters. The van der Waals surface area contributed by atoms with E-state index >= 15 is 0 Å². The Hall–Kier alpha value is -2.99. The summed E-state index contributed by atoms with van der Waals surface area (Å²) < 4.78 is 36.9. The highest BCUT2D eigenvalue weighted by atomic mass is 32.2. The van der Waals surface area contributed by atoms with Crippen molar-refractivity contribution >= 4 is 22.1 Å². The third-order valence-electron chi connectivity index (χ3n) is 4.41. The molecule has 3 rings (SSSR count). The van der Waals surface area contributed by atoms with Gasteiger partial charge in [-0.2, -0.15) is 9.57 Å². The molecule has 0 aliphatic carbocycles. The average Bonchev–Trinajstić information content (AvgIpc) is 2.77. The molecule has 1 aliphatic heterocycles. The lowest BCUT2D eigenvalue weighted by molar-refractivity contribution is -0.138. The predicted molar refractivity (Wildman–Crippen MR) is 106 cm³/mol. The van der Waals surface area contributed by atoms with Crippen molar-refractivity contribution in [2.45, 2.75) is 11.5 Å². The molecule has 29 heavy (non-hydrogen) atoms. The number of morpholine rings is 1. The third-order valence-corrected chi connectivity index (χ3v) is 6.32. The maximum Gasteiger partial charge on any atom is 0.331 e. The molecule has 1 fully saturated rings. The standard InChI is InChI=1S/C21H20N2O5S/c22-15-18-3-1-2-4-19(18)16-28-21(24)10-7-17-5-8-20(9-6-17)29(25,26)23-11-13-27-14-12-23/h1-10H,11-14,16H2/b10-7+. The zero-order chi connectivity index (χ0) is 20.7. The van der Waals surface area contributed by atoms with Crippen LogP contribution in [0.4, 0.5) is 0 Å². The van der Waals surface area contributed by atoms with Crippen LogP contribution in [0.1, 0.15) is 16.7 Å². The highest BCUT2D eigenvalue weighted by Crippen LogP contribution is 2.18. The monoisotopic (exact) mass is 412 g/mol. The van der Waals surface area contributed by atoms with Crippen LogP contribution in [0.3, 0.4) is 0 Å². The Morgan fingerprint density at radius 2 is 1.83 bits per heavy atom. The number of nitrogens with zero attached hydrogens (tertiary/aromatic N) is 2. The quantitative estimate of drug-likeness (QED) is 0.534. The summed E-state index contributed by atoms with van der Waals surface area (Å²) in [4.78, 5) is 12.1. The first kappa shape index (κ1) is 20.7. The third kappa shape index (κ3) is 5.29. The van der Waals surface area contributed by atoms with Gasteiger partial charge in [-0.15, -0.1) is 0 Å². The van der Waals surface area contributed by atoms with E-state index in [1.807, 2.05) is 6.07 Å². The topological polar surface area (TPSA) is 96.7 Å². The number of rotatable bonds is 6. The van der Waals surface area contributed by atoms with Crippen molar-refractivity contribution in [2.24, 2.45) is 0 Å². The van der Waals surface area contributed by atoms with Crippen LogP contribution in [-0.2, 0) is 30.9 Å². The molecule has 1 saturated heterocycles. The van der Waals surface area contributed by atoms with Crippen LogP contribution in [-0.4, -0.2) is 45.0 Å². The number of esters is 1. The summed E-state index contributed by atoms with van der Waals surface area (Å²) in [6.45, 7) is 1.46. The highest BCUT2D eigenvalue weighted by molar-refractivity contribution is 7.89.